The molecule has 0 aliphatic rings. The molecule has 66 heavy (non-hydrogen) atoms. The van der Waals surface area contributed by atoms with E-state index in [1.165, 1.54) is 16.7 Å². The zero-order valence-electron chi connectivity index (χ0n) is 39.8. The van der Waals surface area contributed by atoms with Gasteiger partial charge in [0, 0.05) is 45.0 Å². The van der Waals surface area contributed by atoms with Crippen molar-refractivity contribution in [2.75, 3.05) is 177 Å². The van der Waals surface area contributed by atoms with Crippen molar-refractivity contribution in [1.29, 1.82) is 0 Å². The SMILES string of the molecule is Cc1cc(C)cc(CNCCOCCOCCOCCOCCOCCOCCOCCOCCOCCOCCOCCOc2ccc3nc(/C=C/c4ccc(N(C)C)cc4)oc3c2)c1. The number of nitrogens with one attached hydrogen (secondary N) is 1. The summed E-state index contributed by atoms with van der Waals surface area (Å²) < 4.78 is 72.8. The number of aromatic nitrogens is 1. The molecule has 0 saturated heterocycles. The highest BCUT2D eigenvalue weighted by molar-refractivity contribution is 5.77. The Labute approximate surface area is 392 Å². The van der Waals surface area contributed by atoms with Gasteiger partial charge in [0.2, 0.25) is 5.89 Å². The van der Waals surface area contributed by atoms with Gasteiger partial charge in [-0.05, 0) is 55.3 Å². The summed E-state index contributed by atoms with van der Waals surface area (Å²) in [5.74, 6) is 1.24. The number of anilines is 1. The average molecular weight is 926 g/mol. The Hall–Kier alpha value is -4.01. The standard InChI is InChI=1S/C50H75N3O13/c1-42-37-43(2)39-45(38-42)41-51-13-14-54-15-16-55-17-18-56-19-20-57-21-22-58-23-24-59-25-26-60-27-28-61-29-30-62-31-32-63-33-34-64-35-36-65-47-10-11-48-49(40-47)66-50(52-48)12-7-44-5-8-46(9-6-44)53(3)4/h5-12,37-40,51H,13-36,41H2,1-4H3/b12-7+. The summed E-state index contributed by atoms with van der Waals surface area (Å²) in [5, 5.41) is 3.41. The van der Waals surface area contributed by atoms with E-state index < -0.39 is 0 Å². The highest BCUT2D eigenvalue weighted by Gasteiger charge is 2.06. The van der Waals surface area contributed by atoms with Gasteiger partial charge in [0.05, 0.1) is 145 Å². The van der Waals surface area contributed by atoms with Gasteiger partial charge >= 0.3 is 0 Å². The number of rotatable bonds is 42. The fourth-order valence-corrected chi connectivity index (χ4v) is 6.20. The van der Waals surface area contributed by atoms with Gasteiger partial charge in [-0.3, -0.25) is 0 Å². The number of benzene rings is 3. The van der Waals surface area contributed by atoms with Crippen molar-refractivity contribution in [1.82, 2.24) is 10.3 Å². The van der Waals surface area contributed by atoms with Crippen molar-refractivity contribution in [2.45, 2.75) is 20.4 Å². The van der Waals surface area contributed by atoms with Crippen LogP contribution in [-0.4, -0.2) is 178 Å². The van der Waals surface area contributed by atoms with Crippen molar-refractivity contribution in [3.63, 3.8) is 0 Å². The van der Waals surface area contributed by atoms with Crippen LogP contribution in [0.1, 0.15) is 28.1 Å². The number of aryl methyl sites for hydroxylation is 2. The monoisotopic (exact) mass is 926 g/mol. The van der Waals surface area contributed by atoms with E-state index in [0.717, 1.165) is 29.9 Å². The lowest BCUT2D eigenvalue weighted by Crippen LogP contribution is -2.20. The first kappa shape index (κ1) is 54.6. The molecular weight excluding hydrogens is 851 g/mol. The first-order chi connectivity index (χ1) is 32.5. The quantitative estimate of drug-likeness (QED) is 0.0515. The molecular formula is C50H75N3O13. The summed E-state index contributed by atoms with van der Waals surface area (Å²) in [7, 11) is 4.04. The smallest absolute Gasteiger partial charge is 0.220 e. The Kier molecular flexibility index (Phi) is 29.8. The lowest BCUT2D eigenvalue weighted by Gasteiger charge is -2.11. The summed E-state index contributed by atoms with van der Waals surface area (Å²) in [6, 6.07) is 20.5. The molecule has 0 saturated carbocycles. The number of fused-ring (bicyclic) bond motifs is 1. The highest BCUT2D eigenvalue weighted by atomic mass is 16.6. The Morgan fingerprint density at radius 1 is 0.485 bits per heavy atom. The van der Waals surface area contributed by atoms with Gasteiger partial charge in [-0.25, -0.2) is 4.98 Å². The second-order valence-electron chi connectivity index (χ2n) is 15.3. The van der Waals surface area contributed by atoms with Crippen LogP contribution in [0, 0.1) is 13.8 Å². The van der Waals surface area contributed by atoms with E-state index in [1.54, 1.807) is 0 Å². The fraction of sp³-hybridized carbons (Fsp3) is 0.580. The van der Waals surface area contributed by atoms with E-state index in [1.807, 2.05) is 44.4 Å². The number of nitrogens with zero attached hydrogens (tertiary/aromatic N) is 2. The molecule has 1 N–H and O–H groups in total. The maximum absolute atomic E-state index is 5.90. The van der Waals surface area contributed by atoms with Crippen LogP contribution in [0.3, 0.4) is 0 Å². The van der Waals surface area contributed by atoms with Gasteiger partial charge < -0.3 is 71.5 Å². The second-order valence-corrected chi connectivity index (χ2v) is 15.3. The zero-order chi connectivity index (χ0) is 46.5. The lowest BCUT2D eigenvalue weighted by molar-refractivity contribution is -0.0277. The molecule has 4 aromatic rings. The Morgan fingerprint density at radius 2 is 0.909 bits per heavy atom. The molecule has 0 bridgehead atoms. The molecule has 3 aromatic carbocycles. The number of oxazole rings is 1. The maximum atomic E-state index is 5.90. The molecule has 16 nitrogen and oxygen atoms in total. The van der Waals surface area contributed by atoms with Crippen LogP contribution in [0.15, 0.2) is 65.1 Å². The minimum absolute atomic E-state index is 0.410. The molecule has 1 heterocycles. The van der Waals surface area contributed by atoms with E-state index >= 15 is 0 Å². The predicted octanol–water partition coefficient (Wildman–Crippen LogP) is 6.03. The third-order valence-electron chi connectivity index (χ3n) is 9.45. The number of ether oxygens (including phenoxy) is 12. The summed E-state index contributed by atoms with van der Waals surface area (Å²) >= 11 is 0. The van der Waals surface area contributed by atoms with Crippen LogP contribution in [0.4, 0.5) is 5.69 Å². The van der Waals surface area contributed by atoms with Gasteiger partial charge in [-0.2, -0.15) is 0 Å². The van der Waals surface area contributed by atoms with Crippen LogP contribution in [0.2, 0.25) is 0 Å². The molecule has 0 aliphatic heterocycles. The van der Waals surface area contributed by atoms with Gasteiger partial charge in [-0.15, -0.1) is 0 Å². The zero-order valence-corrected chi connectivity index (χ0v) is 39.8. The maximum Gasteiger partial charge on any atom is 0.220 e. The molecule has 0 atom stereocenters. The number of hydrogen-bond donors (Lipinski definition) is 1. The summed E-state index contributed by atoms with van der Waals surface area (Å²) in [6.07, 6.45) is 3.85. The Bertz CT molecular complexity index is 1810. The van der Waals surface area contributed by atoms with Gasteiger partial charge in [-0.1, -0.05) is 41.5 Å². The van der Waals surface area contributed by atoms with E-state index in [0.29, 0.717) is 169 Å². The van der Waals surface area contributed by atoms with Crippen LogP contribution in [-0.2, 0) is 58.7 Å². The van der Waals surface area contributed by atoms with E-state index in [4.69, 9.17) is 61.3 Å². The molecule has 0 unspecified atom stereocenters. The topological polar surface area (TPSA) is 152 Å². The summed E-state index contributed by atoms with van der Waals surface area (Å²) in [5.41, 5.74) is 7.54. The largest absolute Gasteiger partial charge is 0.491 e. The molecule has 4 rings (SSSR count). The van der Waals surface area contributed by atoms with Crippen LogP contribution in [0.25, 0.3) is 23.3 Å². The molecule has 0 aliphatic carbocycles. The minimum Gasteiger partial charge on any atom is -0.491 e. The van der Waals surface area contributed by atoms with E-state index in [2.05, 4.69) is 71.5 Å². The molecule has 0 spiro atoms. The number of hydrogen-bond acceptors (Lipinski definition) is 16. The van der Waals surface area contributed by atoms with Crippen molar-refractivity contribution in [3.05, 3.63) is 88.8 Å². The van der Waals surface area contributed by atoms with Crippen molar-refractivity contribution < 1.29 is 61.3 Å². The van der Waals surface area contributed by atoms with E-state index in [9.17, 15) is 0 Å². The Morgan fingerprint density at radius 3 is 1.35 bits per heavy atom. The normalized spacial score (nSPS) is 11.7. The van der Waals surface area contributed by atoms with Gasteiger partial charge in [0.15, 0.2) is 5.58 Å². The van der Waals surface area contributed by atoms with Crippen LogP contribution < -0.4 is 15.0 Å². The predicted molar refractivity (Wildman–Crippen MR) is 256 cm³/mol. The van der Waals surface area contributed by atoms with Crippen molar-refractivity contribution >= 4 is 28.9 Å². The Balaban J connectivity index is 0.785. The first-order valence-corrected chi connectivity index (χ1v) is 23.1. The third-order valence-corrected chi connectivity index (χ3v) is 9.45. The summed E-state index contributed by atoms with van der Waals surface area (Å²) in [4.78, 5) is 6.61. The highest BCUT2D eigenvalue weighted by Crippen LogP contribution is 2.23. The second kappa shape index (κ2) is 36.1. The lowest BCUT2D eigenvalue weighted by atomic mass is 10.1. The fourth-order valence-electron chi connectivity index (χ4n) is 6.20. The first-order valence-electron chi connectivity index (χ1n) is 23.1. The van der Waals surface area contributed by atoms with Gasteiger partial charge in [0.25, 0.3) is 0 Å². The van der Waals surface area contributed by atoms with Crippen molar-refractivity contribution in [2.24, 2.45) is 0 Å². The van der Waals surface area contributed by atoms with Gasteiger partial charge in [0.1, 0.15) is 17.9 Å². The molecule has 1 aromatic heterocycles. The molecule has 0 amide bonds. The molecule has 0 radical (unpaired) electrons. The molecule has 368 valence electrons. The third kappa shape index (κ3) is 26.4. The molecule has 16 heteroatoms. The van der Waals surface area contributed by atoms with Crippen LogP contribution >= 0.6 is 0 Å². The van der Waals surface area contributed by atoms with E-state index in [-0.39, 0.29) is 0 Å². The average Bonchev–Trinajstić information content (AvgIpc) is 3.72. The molecule has 0 fully saturated rings. The summed E-state index contributed by atoms with van der Waals surface area (Å²) in [6.45, 7) is 17.5. The minimum atomic E-state index is 0.410. The van der Waals surface area contributed by atoms with Crippen molar-refractivity contribution in [3.8, 4) is 5.75 Å². The van der Waals surface area contributed by atoms with Crippen LogP contribution in [0.5, 0.6) is 5.75 Å².